The van der Waals surface area contributed by atoms with Gasteiger partial charge in [-0.3, -0.25) is 4.79 Å². The summed E-state index contributed by atoms with van der Waals surface area (Å²) in [4.78, 5) is 15.2. The molecule has 0 spiro atoms. The summed E-state index contributed by atoms with van der Waals surface area (Å²) in [6.45, 7) is 6.74. The monoisotopic (exact) mass is 339 g/mol. The molecule has 1 aromatic carbocycles. The molecular formula is C21H29N3O. The number of amides is 1. The number of piperidine rings is 1. The third-order valence-electron chi connectivity index (χ3n) is 4.96. The van der Waals surface area contributed by atoms with Gasteiger partial charge in [0, 0.05) is 25.8 Å². The van der Waals surface area contributed by atoms with Crippen LogP contribution in [0.1, 0.15) is 42.2 Å². The fourth-order valence-corrected chi connectivity index (χ4v) is 3.61. The number of aromatic nitrogens is 1. The Bertz CT molecular complexity index is 659. The Labute approximate surface area is 150 Å². The van der Waals surface area contributed by atoms with Crippen LogP contribution in [0.4, 0.5) is 0 Å². The molecule has 25 heavy (non-hydrogen) atoms. The zero-order valence-electron chi connectivity index (χ0n) is 15.2. The van der Waals surface area contributed by atoms with E-state index in [-0.39, 0.29) is 5.91 Å². The van der Waals surface area contributed by atoms with Gasteiger partial charge < -0.3 is 14.8 Å². The molecule has 1 aromatic heterocycles. The lowest BCUT2D eigenvalue weighted by Crippen LogP contribution is -2.40. The molecule has 1 amide bonds. The summed E-state index contributed by atoms with van der Waals surface area (Å²) in [7, 11) is 0. The molecule has 1 aliphatic rings. The minimum atomic E-state index is 0.168. The van der Waals surface area contributed by atoms with E-state index in [0.29, 0.717) is 5.92 Å². The van der Waals surface area contributed by atoms with Crippen LogP contribution in [0.25, 0.3) is 0 Å². The molecule has 134 valence electrons. The Morgan fingerprint density at radius 1 is 1.16 bits per heavy atom. The van der Waals surface area contributed by atoms with Crippen molar-refractivity contribution in [3.63, 3.8) is 0 Å². The van der Waals surface area contributed by atoms with Crippen LogP contribution in [0.5, 0.6) is 0 Å². The number of carbonyl (C=O) groups excluding carboxylic acids is 1. The molecule has 4 nitrogen and oxygen atoms in total. The van der Waals surface area contributed by atoms with Gasteiger partial charge in [0.05, 0.1) is 0 Å². The maximum atomic E-state index is 13.2. The highest BCUT2D eigenvalue weighted by Gasteiger charge is 2.23. The zero-order valence-corrected chi connectivity index (χ0v) is 15.2. The number of hydrogen-bond acceptors (Lipinski definition) is 2. The number of nitrogens with zero attached hydrogens (tertiary/aromatic N) is 2. The molecule has 2 heterocycles. The third kappa shape index (κ3) is 4.73. The molecule has 0 bridgehead atoms. The number of rotatable bonds is 7. The first-order valence-corrected chi connectivity index (χ1v) is 9.47. The zero-order chi connectivity index (χ0) is 17.5. The Hall–Kier alpha value is -2.07. The number of carbonyl (C=O) groups is 1. The third-order valence-corrected chi connectivity index (χ3v) is 4.96. The van der Waals surface area contributed by atoms with Crippen molar-refractivity contribution in [1.82, 2.24) is 14.8 Å². The van der Waals surface area contributed by atoms with E-state index < -0.39 is 0 Å². The van der Waals surface area contributed by atoms with E-state index >= 15 is 0 Å². The van der Waals surface area contributed by atoms with Gasteiger partial charge in [-0.2, -0.15) is 0 Å². The van der Waals surface area contributed by atoms with E-state index in [2.05, 4.69) is 33.8 Å². The lowest BCUT2D eigenvalue weighted by Gasteiger charge is -2.30. The minimum absolute atomic E-state index is 0.168. The second-order valence-electron chi connectivity index (χ2n) is 6.95. The van der Waals surface area contributed by atoms with Crippen LogP contribution >= 0.6 is 0 Å². The summed E-state index contributed by atoms with van der Waals surface area (Å²) < 4.78 is 2.07. The van der Waals surface area contributed by atoms with Gasteiger partial charge in [-0.05, 0) is 56.0 Å². The van der Waals surface area contributed by atoms with Gasteiger partial charge in [-0.1, -0.05) is 37.3 Å². The van der Waals surface area contributed by atoms with Crippen molar-refractivity contribution in [1.29, 1.82) is 0 Å². The highest BCUT2D eigenvalue weighted by Crippen LogP contribution is 2.17. The van der Waals surface area contributed by atoms with Crippen molar-refractivity contribution in [2.24, 2.45) is 5.92 Å². The quantitative estimate of drug-likeness (QED) is 0.839. The van der Waals surface area contributed by atoms with Gasteiger partial charge in [0.15, 0.2) is 0 Å². The maximum absolute atomic E-state index is 13.2. The van der Waals surface area contributed by atoms with E-state index in [1.165, 1.54) is 18.4 Å². The topological polar surface area (TPSA) is 37.3 Å². The van der Waals surface area contributed by atoms with Crippen LogP contribution in [0.2, 0.25) is 0 Å². The molecule has 4 heteroatoms. The van der Waals surface area contributed by atoms with Crippen LogP contribution in [-0.4, -0.2) is 41.6 Å². The average molecular weight is 339 g/mol. The van der Waals surface area contributed by atoms with E-state index in [0.717, 1.165) is 44.8 Å². The molecule has 2 aromatic rings. The SMILES string of the molecule is CCCN(CC1CCNCC1)C(=O)c1cccn1Cc1ccccc1. The van der Waals surface area contributed by atoms with Gasteiger partial charge in [-0.15, -0.1) is 0 Å². The van der Waals surface area contributed by atoms with E-state index in [9.17, 15) is 4.79 Å². The summed E-state index contributed by atoms with van der Waals surface area (Å²) in [5.41, 5.74) is 2.01. The Kier molecular flexibility index (Phi) is 6.29. The molecule has 0 aliphatic carbocycles. The van der Waals surface area contributed by atoms with Crippen LogP contribution in [-0.2, 0) is 6.54 Å². The number of benzene rings is 1. The highest BCUT2D eigenvalue weighted by atomic mass is 16.2. The Balaban J connectivity index is 1.72. The first-order valence-electron chi connectivity index (χ1n) is 9.47. The summed E-state index contributed by atoms with van der Waals surface area (Å²) >= 11 is 0. The van der Waals surface area contributed by atoms with Crippen molar-refractivity contribution in [2.75, 3.05) is 26.2 Å². The molecule has 1 aliphatic heterocycles. The smallest absolute Gasteiger partial charge is 0.270 e. The Morgan fingerprint density at radius 2 is 1.92 bits per heavy atom. The fourth-order valence-electron chi connectivity index (χ4n) is 3.61. The highest BCUT2D eigenvalue weighted by molar-refractivity contribution is 5.92. The van der Waals surface area contributed by atoms with E-state index in [1.807, 2.05) is 36.5 Å². The minimum Gasteiger partial charge on any atom is -0.339 e. The van der Waals surface area contributed by atoms with Crippen LogP contribution < -0.4 is 5.32 Å². The maximum Gasteiger partial charge on any atom is 0.270 e. The molecule has 1 N–H and O–H groups in total. The summed E-state index contributed by atoms with van der Waals surface area (Å²) in [6, 6.07) is 14.2. The predicted octanol–water partition coefficient (Wildman–Crippen LogP) is 3.39. The van der Waals surface area contributed by atoms with E-state index in [1.54, 1.807) is 0 Å². The van der Waals surface area contributed by atoms with Crippen LogP contribution in [0.15, 0.2) is 48.7 Å². The van der Waals surface area contributed by atoms with Gasteiger partial charge in [0.1, 0.15) is 5.69 Å². The van der Waals surface area contributed by atoms with Crippen molar-refractivity contribution in [2.45, 2.75) is 32.7 Å². The van der Waals surface area contributed by atoms with Gasteiger partial charge in [0.2, 0.25) is 0 Å². The summed E-state index contributed by atoms with van der Waals surface area (Å²) in [6.07, 6.45) is 5.34. The van der Waals surface area contributed by atoms with Crippen LogP contribution in [0, 0.1) is 5.92 Å². The summed E-state index contributed by atoms with van der Waals surface area (Å²) in [5, 5.41) is 3.41. The van der Waals surface area contributed by atoms with Crippen molar-refractivity contribution in [3.8, 4) is 0 Å². The fraction of sp³-hybridized carbons (Fsp3) is 0.476. The second-order valence-corrected chi connectivity index (χ2v) is 6.95. The van der Waals surface area contributed by atoms with Crippen molar-refractivity contribution in [3.05, 3.63) is 59.9 Å². The molecule has 0 unspecified atom stereocenters. The molecule has 0 atom stereocenters. The Morgan fingerprint density at radius 3 is 2.64 bits per heavy atom. The molecule has 0 radical (unpaired) electrons. The first-order chi connectivity index (χ1) is 12.3. The lowest BCUT2D eigenvalue weighted by atomic mass is 9.97. The van der Waals surface area contributed by atoms with Crippen LogP contribution in [0.3, 0.4) is 0 Å². The van der Waals surface area contributed by atoms with Crippen molar-refractivity contribution >= 4 is 5.91 Å². The number of hydrogen-bond donors (Lipinski definition) is 1. The molecular weight excluding hydrogens is 310 g/mol. The van der Waals surface area contributed by atoms with Gasteiger partial charge >= 0.3 is 0 Å². The summed E-state index contributed by atoms with van der Waals surface area (Å²) in [5.74, 6) is 0.788. The molecule has 3 rings (SSSR count). The molecule has 0 saturated carbocycles. The van der Waals surface area contributed by atoms with Crippen molar-refractivity contribution < 1.29 is 4.79 Å². The largest absolute Gasteiger partial charge is 0.339 e. The average Bonchev–Trinajstić information content (AvgIpc) is 3.10. The number of nitrogens with one attached hydrogen (secondary N) is 1. The van der Waals surface area contributed by atoms with Gasteiger partial charge in [-0.25, -0.2) is 0 Å². The lowest BCUT2D eigenvalue weighted by molar-refractivity contribution is 0.0706. The molecule has 1 saturated heterocycles. The first kappa shape index (κ1) is 17.7. The normalized spacial score (nSPS) is 15.2. The standard InChI is InChI=1S/C21H29N3O/c1-2-14-24(17-19-10-12-22-13-11-19)21(25)20-9-6-15-23(20)16-18-7-4-3-5-8-18/h3-9,15,19,22H,2,10-14,16-17H2,1H3. The predicted molar refractivity (Wildman–Crippen MR) is 102 cm³/mol. The van der Waals surface area contributed by atoms with E-state index in [4.69, 9.17) is 0 Å². The van der Waals surface area contributed by atoms with Gasteiger partial charge in [0.25, 0.3) is 5.91 Å². The molecule has 1 fully saturated rings. The second kappa shape index (κ2) is 8.86.